The number of likely N-dealkylation sites (tertiary alicyclic amines) is 1. The zero-order valence-corrected chi connectivity index (χ0v) is 17.2. The van der Waals surface area contributed by atoms with Crippen LogP contribution >= 0.6 is 0 Å². The van der Waals surface area contributed by atoms with Crippen LogP contribution in [0.2, 0.25) is 0 Å². The van der Waals surface area contributed by atoms with Crippen LogP contribution < -0.4 is 5.32 Å². The third-order valence-electron chi connectivity index (χ3n) is 7.84. The molecule has 0 aromatic heterocycles. The smallest absolute Gasteiger partial charge is 0.0513 e. The Labute approximate surface area is 155 Å². The maximum absolute atomic E-state index is 3.75. The Morgan fingerprint density at radius 2 is 1.72 bits per heavy atom. The first-order valence-corrected chi connectivity index (χ1v) is 10.7. The summed E-state index contributed by atoms with van der Waals surface area (Å²) in [5.41, 5.74) is 0.588. The normalized spacial score (nSPS) is 38.8. The number of hydrogen-bond acceptors (Lipinski definition) is 4. The number of nitrogens with one attached hydrogen (secondary N) is 1. The van der Waals surface area contributed by atoms with Gasteiger partial charge in [-0.2, -0.15) is 0 Å². The second-order valence-electron chi connectivity index (χ2n) is 10.8. The average Bonchev–Trinajstić information content (AvgIpc) is 3.06. The second kappa shape index (κ2) is 6.47. The van der Waals surface area contributed by atoms with E-state index in [4.69, 9.17) is 0 Å². The highest BCUT2D eigenvalue weighted by Gasteiger charge is 2.48. The van der Waals surface area contributed by atoms with Crippen LogP contribution in [0.4, 0.5) is 0 Å². The topological polar surface area (TPSA) is 21.8 Å². The molecule has 4 fully saturated rings. The summed E-state index contributed by atoms with van der Waals surface area (Å²) < 4.78 is 0. The molecule has 0 amide bonds. The lowest BCUT2D eigenvalue weighted by Crippen LogP contribution is -2.59. The molecule has 4 aliphatic rings. The van der Waals surface area contributed by atoms with Gasteiger partial charge in [0, 0.05) is 42.8 Å². The molecule has 4 nitrogen and oxygen atoms in total. The first-order valence-electron chi connectivity index (χ1n) is 10.7. The summed E-state index contributed by atoms with van der Waals surface area (Å²) in [6.45, 7) is 19.8. The lowest BCUT2D eigenvalue weighted by Gasteiger charge is -2.50. The van der Waals surface area contributed by atoms with E-state index in [-0.39, 0.29) is 5.54 Å². The Morgan fingerprint density at radius 1 is 0.920 bits per heavy atom. The SMILES string of the molecule is CC(C)(C)N1CC[C@H](C(C)(C)N2CC3CNC(C3)C2)C2CCCN2C1. The van der Waals surface area contributed by atoms with Crippen molar-refractivity contribution in [3.8, 4) is 0 Å². The molecule has 0 spiro atoms. The molecule has 25 heavy (non-hydrogen) atoms. The van der Waals surface area contributed by atoms with Gasteiger partial charge >= 0.3 is 0 Å². The molecule has 4 atom stereocenters. The predicted molar refractivity (Wildman–Crippen MR) is 105 cm³/mol. The van der Waals surface area contributed by atoms with Gasteiger partial charge in [0.1, 0.15) is 0 Å². The Kier molecular flexibility index (Phi) is 4.71. The predicted octanol–water partition coefficient (Wildman–Crippen LogP) is 2.60. The Morgan fingerprint density at radius 3 is 2.44 bits per heavy atom. The van der Waals surface area contributed by atoms with Gasteiger partial charge in [0.25, 0.3) is 0 Å². The van der Waals surface area contributed by atoms with Crippen molar-refractivity contribution in [2.75, 3.05) is 39.4 Å². The molecule has 0 saturated carbocycles. The summed E-state index contributed by atoms with van der Waals surface area (Å²) in [4.78, 5) is 8.41. The molecule has 4 saturated heterocycles. The van der Waals surface area contributed by atoms with Gasteiger partial charge < -0.3 is 5.32 Å². The monoisotopic (exact) mass is 348 g/mol. The Bertz CT molecular complexity index is 471. The van der Waals surface area contributed by atoms with Crippen molar-refractivity contribution >= 4 is 0 Å². The minimum atomic E-state index is 0.278. The molecule has 0 aromatic rings. The molecule has 3 unspecified atom stereocenters. The van der Waals surface area contributed by atoms with Crippen molar-refractivity contribution < 1.29 is 0 Å². The van der Waals surface area contributed by atoms with Crippen molar-refractivity contribution in [1.82, 2.24) is 20.0 Å². The first kappa shape index (κ1) is 18.2. The van der Waals surface area contributed by atoms with Crippen LogP contribution in [0.3, 0.4) is 0 Å². The molecular weight excluding hydrogens is 308 g/mol. The fraction of sp³-hybridized carbons (Fsp3) is 1.00. The highest BCUT2D eigenvalue weighted by Crippen LogP contribution is 2.41. The van der Waals surface area contributed by atoms with Crippen molar-refractivity contribution in [1.29, 1.82) is 0 Å². The van der Waals surface area contributed by atoms with Gasteiger partial charge in [-0.15, -0.1) is 0 Å². The van der Waals surface area contributed by atoms with Gasteiger partial charge in [0.05, 0.1) is 6.67 Å². The van der Waals surface area contributed by atoms with Crippen molar-refractivity contribution in [2.24, 2.45) is 11.8 Å². The van der Waals surface area contributed by atoms with Gasteiger partial charge in [-0.1, -0.05) is 0 Å². The molecule has 4 heteroatoms. The third-order valence-corrected chi connectivity index (χ3v) is 7.84. The average molecular weight is 349 g/mol. The quantitative estimate of drug-likeness (QED) is 0.828. The Hall–Kier alpha value is -0.160. The summed E-state index contributed by atoms with van der Waals surface area (Å²) in [6.07, 6.45) is 5.56. The van der Waals surface area contributed by atoms with Gasteiger partial charge in [-0.05, 0) is 85.2 Å². The zero-order chi connectivity index (χ0) is 17.8. The summed E-state index contributed by atoms with van der Waals surface area (Å²) in [5.74, 6) is 1.68. The summed E-state index contributed by atoms with van der Waals surface area (Å²) in [6, 6.07) is 1.53. The highest BCUT2D eigenvalue weighted by molar-refractivity contribution is 5.04. The number of piperidine rings is 1. The fourth-order valence-corrected chi connectivity index (χ4v) is 6.17. The van der Waals surface area contributed by atoms with Crippen molar-refractivity contribution in [2.45, 2.75) is 83.5 Å². The van der Waals surface area contributed by atoms with Crippen molar-refractivity contribution in [3.63, 3.8) is 0 Å². The minimum absolute atomic E-state index is 0.278. The zero-order valence-electron chi connectivity index (χ0n) is 17.2. The van der Waals surface area contributed by atoms with Crippen molar-refractivity contribution in [3.05, 3.63) is 0 Å². The van der Waals surface area contributed by atoms with E-state index in [0.717, 1.165) is 23.9 Å². The van der Waals surface area contributed by atoms with Crippen LogP contribution in [-0.2, 0) is 0 Å². The lowest BCUT2D eigenvalue weighted by atomic mass is 9.76. The molecule has 144 valence electrons. The van der Waals surface area contributed by atoms with Gasteiger partial charge in [-0.3, -0.25) is 14.7 Å². The van der Waals surface area contributed by atoms with E-state index in [1.54, 1.807) is 0 Å². The maximum Gasteiger partial charge on any atom is 0.0513 e. The van der Waals surface area contributed by atoms with E-state index < -0.39 is 0 Å². The van der Waals surface area contributed by atoms with Crippen LogP contribution in [0.1, 0.15) is 60.3 Å². The molecule has 4 heterocycles. The second-order valence-corrected chi connectivity index (χ2v) is 10.8. The first-order chi connectivity index (χ1) is 11.7. The van der Waals surface area contributed by atoms with Crippen LogP contribution in [0.15, 0.2) is 0 Å². The van der Waals surface area contributed by atoms with E-state index in [0.29, 0.717) is 5.54 Å². The molecule has 2 bridgehead atoms. The van der Waals surface area contributed by atoms with E-state index >= 15 is 0 Å². The number of nitrogens with zero attached hydrogens (tertiary/aromatic N) is 3. The van der Waals surface area contributed by atoms with E-state index in [1.807, 2.05) is 0 Å². The molecule has 0 aliphatic carbocycles. The van der Waals surface area contributed by atoms with E-state index in [2.05, 4.69) is 54.6 Å². The summed E-state index contributed by atoms with van der Waals surface area (Å²) >= 11 is 0. The van der Waals surface area contributed by atoms with Gasteiger partial charge in [-0.25, -0.2) is 0 Å². The third kappa shape index (κ3) is 3.40. The standard InChI is InChI=1S/C21H40N4/c1-20(2,3)24-10-8-18(19-7-6-9-23(19)15-24)21(4,5)25-13-16-11-17(14-25)22-12-16/h16-19,22H,6-15H2,1-5H3/t16?,17?,18-,19?/m0/s1. The maximum atomic E-state index is 3.75. The van der Waals surface area contributed by atoms with Gasteiger partial charge in [0.2, 0.25) is 0 Å². The van der Waals surface area contributed by atoms with Gasteiger partial charge in [0.15, 0.2) is 0 Å². The lowest BCUT2D eigenvalue weighted by molar-refractivity contribution is 0.00000263. The fourth-order valence-electron chi connectivity index (χ4n) is 6.17. The van der Waals surface area contributed by atoms with E-state index in [9.17, 15) is 0 Å². The highest BCUT2D eigenvalue weighted by atomic mass is 15.4. The van der Waals surface area contributed by atoms with Crippen LogP contribution in [0.5, 0.6) is 0 Å². The largest absolute Gasteiger partial charge is 0.312 e. The minimum Gasteiger partial charge on any atom is -0.312 e. The number of rotatable bonds is 2. The molecule has 0 radical (unpaired) electrons. The van der Waals surface area contributed by atoms with Crippen LogP contribution in [0, 0.1) is 11.8 Å². The summed E-state index contributed by atoms with van der Waals surface area (Å²) in [5, 5.41) is 3.75. The molecule has 1 N–H and O–H groups in total. The molecule has 0 aromatic carbocycles. The Balaban J connectivity index is 1.55. The number of fused-ring (bicyclic) bond motifs is 3. The molecule has 4 aliphatic heterocycles. The number of hydrogen-bond donors (Lipinski definition) is 1. The molecule has 4 rings (SSSR count). The summed E-state index contributed by atoms with van der Waals surface area (Å²) in [7, 11) is 0. The molecular formula is C21H40N4. The van der Waals surface area contributed by atoms with Crippen LogP contribution in [0.25, 0.3) is 0 Å². The van der Waals surface area contributed by atoms with E-state index in [1.165, 1.54) is 65.1 Å². The van der Waals surface area contributed by atoms with Crippen LogP contribution in [-0.4, -0.2) is 77.3 Å².